The number of carbonyl (C=O) groups excluding carboxylic acids is 4. The molecule has 4 atom stereocenters. The van der Waals surface area contributed by atoms with E-state index >= 15 is 0 Å². The topological polar surface area (TPSA) is 175 Å². The van der Waals surface area contributed by atoms with Gasteiger partial charge in [-0.15, -0.1) is 0 Å². The van der Waals surface area contributed by atoms with Gasteiger partial charge in [0.15, 0.2) is 0 Å². The summed E-state index contributed by atoms with van der Waals surface area (Å²) in [5.41, 5.74) is 7.51. The van der Waals surface area contributed by atoms with Crippen LogP contribution in [0.3, 0.4) is 0 Å². The van der Waals surface area contributed by atoms with Crippen LogP contribution in [0.2, 0.25) is 0 Å². The average Bonchev–Trinajstić information content (AvgIpc) is 4.03. The molecule has 2 fully saturated rings. The Balaban J connectivity index is 1.10. The van der Waals surface area contributed by atoms with Crippen LogP contribution in [0.5, 0.6) is 0 Å². The summed E-state index contributed by atoms with van der Waals surface area (Å²) in [6, 6.07) is 18.8. The number of nitrogens with one attached hydrogen (secondary N) is 4. The zero-order valence-electron chi connectivity index (χ0n) is 32.7. The number of H-pyrrole nitrogens is 2. The first-order valence-corrected chi connectivity index (χ1v) is 19.4. The van der Waals surface area contributed by atoms with Gasteiger partial charge in [-0.1, -0.05) is 58.0 Å². The Morgan fingerprint density at radius 2 is 1.05 bits per heavy atom. The van der Waals surface area contributed by atoms with Gasteiger partial charge in [-0.3, -0.25) is 9.59 Å². The number of aromatic amines is 2. The second kappa shape index (κ2) is 16.0. The van der Waals surface area contributed by atoms with Crippen LogP contribution in [0, 0.1) is 11.8 Å². The number of hydrogen-bond acceptors (Lipinski definition) is 8. The lowest BCUT2D eigenvalue weighted by Crippen LogP contribution is -2.51. The van der Waals surface area contributed by atoms with Crippen molar-refractivity contribution in [2.45, 2.75) is 77.5 Å². The number of carbonyl (C=O) groups is 4. The maximum absolute atomic E-state index is 13.7. The Morgan fingerprint density at radius 1 is 0.643 bits per heavy atom. The van der Waals surface area contributed by atoms with Gasteiger partial charge in [0.25, 0.3) is 0 Å². The zero-order chi connectivity index (χ0) is 39.7. The molecule has 0 spiro atoms. The number of fused-ring (bicyclic) bond motifs is 2. The molecule has 5 aromatic rings. The highest BCUT2D eigenvalue weighted by molar-refractivity contribution is 5.89. The summed E-state index contributed by atoms with van der Waals surface area (Å²) in [4.78, 5) is 71.8. The highest BCUT2D eigenvalue weighted by atomic mass is 16.5. The molecule has 4 heterocycles. The fraction of sp³-hybridized carbons (Fsp3) is 0.429. The number of likely N-dealkylation sites (tertiary alicyclic amines) is 2. The van der Waals surface area contributed by atoms with Crippen molar-refractivity contribution in [1.82, 2.24) is 40.4 Å². The maximum Gasteiger partial charge on any atom is 0.407 e. The summed E-state index contributed by atoms with van der Waals surface area (Å²) in [6.45, 7) is 8.79. The molecule has 14 nitrogen and oxygen atoms in total. The van der Waals surface area contributed by atoms with E-state index in [0.717, 1.165) is 81.7 Å². The van der Waals surface area contributed by atoms with Crippen LogP contribution >= 0.6 is 0 Å². The van der Waals surface area contributed by atoms with Gasteiger partial charge in [-0.2, -0.15) is 0 Å². The van der Waals surface area contributed by atoms with Crippen molar-refractivity contribution < 1.29 is 28.7 Å². The standard InChI is InChI=1S/C42H50N8O6/c1-23(2)35(47-41(53)55-5)39(51)49-18-8-12-33(49)37-43-29-16-14-27(21-31(29)45-37)25-10-7-11-26(20-25)28-15-17-30-32(22-28)46-38(44-30)34-13-9-19-50(34)40(52)36(24(3)4)48-42(54)56-6/h7,10-11,14-17,20-24,33-36H,8-9,12-13,18-19H2,1-6H3,(H,43,45)(H,44,46)(H,47,53)(H,48,54)/t33-,34-,35-,36?/m0/s1. The summed E-state index contributed by atoms with van der Waals surface area (Å²) < 4.78 is 9.55. The third-order valence-corrected chi connectivity index (χ3v) is 11.0. The Morgan fingerprint density at radius 3 is 1.45 bits per heavy atom. The molecular formula is C42H50N8O6. The smallest absolute Gasteiger partial charge is 0.407 e. The van der Waals surface area contributed by atoms with Gasteiger partial charge < -0.3 is 39.9 Å². The van der Waals surface area contributed by atoms with E-state index in [9.17, 15) is 19.2 Å². The maximum atomic E-state index is 13.7. The van der Waals surface area contributed by atoms with Crippen LogP contribution in [-0.4, -0.2) is 93.1 Å². The predicted octanol–water partition coefficient (Wildman–Crippen LogP) is 6.86. The highest BCUT2D eigenvalue weighted by Gasteiger charge is 2.39. The Bertz CT molecular complexity index is 2110. The van der Waals surface area contributed by atoms with Crippen molar-refractivity contribution in [2.24, 2.45) is 11.8 Å². The third kappa shape index (κ3) is 7.64. The summed E-state index contributed by atoms with van der Waals surface area (Å²) in [5.74, 6) is 0.946. The number of methoxy groups -OCH3 is 2. The van der Waals surface area contributed by atoms with E-state index in [-0.39, 0.29) is 35.7 Å². The number of nitrogens with zero attached hydrogens (tertiary/aromatic N) is 4. The van der Waals surface area contributed by atoms with Crippen LogP contribution in [0.25, 0.3) is 44.3 Å². The molecule has 4 amide bonds. The van der Waals surface area contributed by atoms with Crippen molar-refractivity contribution in [1.29, 1.82) is 0 Å². The number of amides is 4. The molecule has 3 aromatic carbocycles. The summed E-state index contributed by atoms with van der Waals surface area (Å²) in [5, 5.41) is 5.42. The van der Waals surface area contributed by atoms with Gasteiger partial charge in [0.2, 0.25) is 11.8 Å². The number of rotatable bonds is 10. The highest BCUT2D eigenvalue weighted by Crippen LogP contribution is 2.36. The molecule has 294 valence electrons. The minimum Gasteiger partial charge on any atom is -0.453 e. The second-order valence-corrected chi connectivity index (χ2v) is 15.4. The van der Waals surface area contributed by atoms with Gasteiger partial charge in [-0.25, -0.2) is 19.6 Å². The SMILES string of the molecule is COC(=O)NC(C(=O)N1CCC[C@H]1c1nc2ccc(-c3cccc(-c4ccc5nc([C@@H]6CCCN6C(=O)[C@@H](NC(=O)OC)C(C)C)[nH]c5c4)c3)cc2[nH]1)C(C)C. The third-order valence-electron chi connectivity index (χ3n) is 11.0. The first-order valence-electron chi connectivity index (χ1n) is 19.4. The number of aromatic nitrogens is 4. The number of hydrogen-bond donors (Lipinski definition) is 4. The molecule has 2 saturated heterocycles. The molecule has 0 bridgehead atoms. The largest absolute Gasteiger partial charge is 0.453 e. The van der Waals surface area contributed by atoms with Crippen molar-refractivity contribution in [3.8, 4) is 22.3 Å². The Hall–Kier alpha value is -5.92. The van der Waals surface area contributed by atoms with E-state index in [1.165, 1.54) is 14.2 Å². The monoisotopic (exact) mass is 762 g/mol. The van der Waals surface area contributed by atoms with Crippen LogP contribution in [0.4, 0.5) is 9.59 Å². The van der Waals surface area contributed by atoms with Gasteiger partial charge in [0, 0.05) is 13.1 Å². The van der Waals surface area contributed by atoms with Gasteiger partial charge in [0.05, 0.1) is 48.4 Å². The first kappa shape index (κ1) is 38.4. The van der Waals surface area contributed by atoms with Crippen LogP contribution in [0.1, 0.15) is 77.1 Å². The van der Waals surface area contributed by atoms with E-state index in [0.29, 0.717) is 13.1 Å². The Labute approximate surface area is 325 Å². The zero-order valence-corrected chi connectivity index (χ0v) is 32.7. The van der Waals surface area contributed by atoms with Gasteiger partial charge in [0.1, 0.15) is 23.7 Å². The lowest BCUT2D eigenvalue weighted by Gasteiger charge is -2.29. The summed E-state index contributed by atoms with van der Waals surface area (Å²) in [6.07, 6.45) is 1.98. The molecule has 1 unspecified atom stereocenters. The van der Waals surface area contributed by atoms with Crippen molar-refractivity contribution in [2.75, 3.05) is 27.3 Å². The molecule has 56 heavy (non-hydrogen) atoms. The second-order valence-electron chi connectivity index (χ2n) is 15.4. The number of imidazole rings is 2. The first-order chi connectivity index (χ1) is 26.9. The van der Waals surface area contributed by atoms with Crippen LogP contribution in [-0.2, 0) is 19.1 Å². The van der Waals surface area contributed by atoms with Crippen molar-refractivity contribution >= 4 is 46.1 Å². The predicted molar refractivity (Wildman–Crippen MR) is 212 cm³/mol. The van der Waals surface area contributed by atoms with E-state index in [2.05, 4.69) is 63.1 Å². The lowest BCUT2D eigenvalue weighted by atomic mass is 9.98. The molecule has 2 aromatic heterocycles. The normalized spacial score (nSPS) is 18.1. The lowest BCUT2D eigenvalue weighted by molar-refractivity contribution is -0.136. The van der Waals surface area contributed by atoms with Gasteiger partial charge >= 0.3 is 12.2 Å². The molecule has 7 rings (SSSR count). The molecule has 0 saturated carbocycles. The number of benzene rings is 3. The minimum atomic E-state index is -0.698. The number of ether oxygens (including phenoxy) is 2. The molecule has 4 N–H and O–H groups in total. The molecular weight excluding hydrogens is 713 g/mol. The molecule has 14 heteroatoms. The van der Waals surface area contributed by atoms with Crippen LogP contribution in [0.15, 0.2) is 60.7 Å². The fourth-order valence-electron chi connectivity index (χ4n) is 8.00. The molecule has 0 radical (unpaired) electrons. The molecule has 2 aliphatic heterocycles. The Kier molecular flexibility index (Phi) is 11.0. The van der Waals surface area contributed by atoms with Crippen molar-refractivity contribution in [3.05, 3.63) is 72.3 Å². The molecule has 0 aliphatic carbocycles. The summed E-state index contributed by atoms with van der Waals surface area (Å²) in [7, 11) is 2.58. The van der Waals surface area contributed by atoms with E-state index in [1.54, 1.807) is 0 Å². The van der Waals surface area contributed by atoms with E-state index < -0.39 is 24.3 Å². The summed E-state index contributed by atoms with van der Waals surface area (Å²) >= 11 is 0. The quantitative estimate of drug-likeness (QED) is 0.119. The minimum absolute atomic E-state index is 0.113. The fourth-order valence-corrected chi connectivity index (χ4v) is 8.00. The average molecular weight is 763 g/mol. The number of alkyl carbamates (subject to hydrolysis) is 2. The van der Waals surface area contributed by atoms with Crippen LogP contribution < -0.4 is 10.6 Å². The molecule has 2 aliphatic rings. The van der Waals surface area contributed by atoms with Crippen molar-refractivity contribution in [3.63, 3.8) is 0 Å². The van der Waals surface area contributed by atoms with E-state index in [1.807, 2.05) is 55.7 Å². The van der Waals surface area contributed by atoms with E-state index in [4.69, 9.17) is 19.4 Å². The van der Waals surface area contributed by atoms with Gasteiger partial charge in [-0.05, 0) is 90.1 Å².